The molecule has 0 aliphatic rings. The van der Waals surface area contributed by atoms with Crippen LogP contribution in [0.1, 0.15) is 9.67 Å². The van der Waals surface area contributed by atoms with Gasteiger partial charge in [-0.2, -0.15) is 0 Å². The number of benzene rings is 1. The predicted octanol–water partition coefficient (Wildman–Crippen LogP) is 3.74. The number of anilines is 2. The number of para-hydroxylation sites is 1. The van der Waals surface area contributed by atoms with E-state index in [1.54, 1.807) is 12.4 Å². The average Bonchev–Trinajstić information content (AvgIpc) is 2.79. The van der Waals surface area contributed by atoms with Crippen molar-refractivity contribution in [3.63, 3.8) is 0 Å². The van der Waals surface area contributed by atoms with Gasteiger partial charge in [0.15, 0.2) is 0 Å². The van der Waals surface area contributed by atoms with Crippen molar-refractivity contribution in [3.8, 4) is 0 Å². The molecule has 100 valence electrons. The summed E-state index contributed by atoms with van der Waals surface area (Å²) in [4.78, 5) is 16.9. The number of nitrogens with two attached hydrogens (primary N) is 1. The maximum Gasteiger partial charge on any atom is 0.267 e. The molecular weight excluding hydrogens is 385 g/mol. The average molecular weight is 395 g/mol. The second kappa shape index (κ2) is 5.37. The topological polar surface area (TPSA) is 68.0 Å². The van der Waals surface area contributed by atoms with Crippen molar-refractivity contribution < 1.29 is 4.79 Å². The third-order valence-electron chi connectivity index (χ3n) is 2.86. The van der Waals surface area contributed by atoms with Crippen molar-refractivity contribution >= 4 is 61.3 Å². The summed E-state index contributed by atoms with van der Waals surface area (Å²) in [6.07, 6.45) is 3.40. The Kier molecular flexibility index (Phi) is 3.58. The van der Waals surface area contributed by atoms with Crippen molar-refractivity contribution in [2.45, 2.75) is 0 Å². The highest BCUT2D eigenvalue weighted by atomic mass is 127. The van der Waals surface area contributed by atoms with Gasteiger partial charge in [-0.15, -0.1) is 11.3 Å². The van der Waals surface area contributed by atoms with Crippen LogP contribution in [0, 0.1) is 3.57 Å². The fourth-order valence-corrected chi connectivity index (χ4v) is 3.39. The molecule has 0 fully saturated rings. The zero-order valence-corrected chi connectivity index (χ0v) is 13.2. The molecule has 1 aromatic carbocycles. The third kappa shape index (κ3) is 2.36. The Morgan fingerprint density at radius 1 is 1.30 bits per heavy atom. The number of hydrogen-bond acceptors (Lipinski definition) is 4. The zero-order chi connectivity index (χ0) is 14.1. The number of nitrogens with one attached hydrogen (secondary N) is 1. The maximum atomic E-state index is 12.4. The van der Waals surface area contributed by atoms with Crippen LogP contribution in [0.25, 0.3) is 10.1 Å². The summed E-state index contributed by atoms with van der Waals surface area (Å²) in [6, 6.07) is 9.44. The van der Waals surface area contributed by atoms with Gasteiger partial charge < -0.3 is 11.1 Å². The molecule has 4 nitrogen and oxygen atoms in total. The summed E-state index contributed by atoms with van der Waals surface area (Å²) < 4.78 is 1.90. The molecule has 0 radical (unpaired) electrons. The van der Waals surface area contributed by atoms with E-state index in [9.17, 15) is 4.79 Å². The Bertz CT molecular complexity index is 800. The van der Waals surface area contributed by atoms with Crippen LogP contribution in [0.4, 0.5) is 11.4 Å². The largest absolute Gasteiger partial charge is 0.397 e. The number of fused-ring (bicyclic) bond motifs is 1. The zero-order valence-electron chi connectivity index (χ0n) is 10.3. The van der Waals surface area contributed by atoms with Crippen LogP contribution in [0.3, 0.4) is 0 Å². The number of carbonyl (C=O) groups is 1. The lowest BCUT2D eigenvalue weighted by Gasteiger charge is -2.06. The number of nitrogen functional groups attached to an aromatic ring is 1. The lowest BCUT2D eigenvalue weighted by molar-refractivity contribution is 0.103. The molecule has 3 rings (SSSR count). The van der Waals surface area contributed by atoms with E-state index < -0.39 is 0 Å². The molecule has 6 heteroatoms. The maximum absolute atomic E-state index is 12.4. The standard InChI is InChI=1S/C14H10IN3OS/c15-9-3-1-2-4-10(9)18-14(19)13-12(16)8-5-6-17-7-11(8)20-13/h1-7H,16H2,(H,18,19). The first-order chi connectivity index (χ1) is 9.66. The highest BCUT2D eigenvalue weighted by molar-refractivity contribution is 14.1. The van der Waals surface area contributed by atoms with Crippen LogP contribution < -0.4 is 11.1 Å². The van der Waals surface area contributed by atoms with Crippen LogP contribution in [0.2, 0.25) is 0 Å². The molecule has 0 aliphatic heterocycles. The smallest absolute Gasteiger partial charge is 0.267 e. The summed E-state index contributed by atoms with van der Waals surface area (Å²) in [5, 5.41) is 3.76. The summed E-state index contributed by atoms with van der Waals surface area (Å²) >= 11 is 3.54. The molecule has 0 saturated heterocycles. The van der Waals surface area contributed by atoms with Gasteiger partial charge in [-0.1, -0.05) is 12.1 Å². The monoisotopic (exact) mass is 395 g/mol. The number of pyridine rings is 1. The van der Waals surface area contributed by atoms with E-state index in [2.05, 4.69) is 32.9 Å². The minimum atomic E-state index is -0.187. The van der Waals surface area contributed by atoms with Gasteiger partial charge in [0.2, 0.25) is 0 Å². The highest BCUT2D eigenvalue weighted by Gasteiger charge is 2.17. The molecule has 0 spiro atoms. The first-order valence-electron chi connectivity index (χ1n) is 5.84. The van der Waals surface area contributed by atoms with Crippen molar-refractivity contribution in [2.75, 3.05) is 11.1 Å². The Balaban J connectivity index is 1.97. The number of halogens is 1. The van der Waals surface area contributed by atoms with Crippen LogP contribution in [-0.2, 0) is 0 Å². The number of nitrogens with zero attached hydrogens (tertiary/aromatic N) is 1. The normalized spacial score (nSPS) is 10.7. The quantitative estimate of drug-likeness (QED) is 0.650. The van der Waals surface area contributed by atoms with E-state index >= 15 is 0 Å². The van der Waals surface area contributed by atoms with E-state index in [1.807, 2.05) is 30.3 Å². The van der Waals surface area contributed by atoms with E-state index in [0.717, 1.165) is 19.3 Å². The lowest BCUT2D eigenvalue weighted by atomic mass is 10.2. The number of hydrogen-bond donors (Lipinski definition) is 2. The van der Waals surface area contributed by atoms with Crippen LogP contribution >= 0.6 is 33.9 Å². The third-order valence-corrected chi connectivity index (χ3v) is 4.95. The molecular formula is C14H10IN3OS. The lowest BCUT2D eigenvalue weighted by Crippen LogP contribution is -2.12. The minimum Gasteiger partial charge on any atom is -0.397 e. The van der Waals surface area contributed by atoms with E-state index in [-0.39, 0.29) is 5.91 Å². The second-order valence-electron chi connectivity index (χ2n) is 4.15. The molecule has 1 amide bonds. The Morgan fingerprint density at radius 2 is 2.10 bits per heavy atom. The molecule has 0 saturated carbocycles. The summed E-state index contributed by atoms with van der Waals surface area (Å²) in [5.74, 6) is -0.187. The van der Waals surface area contributed by atoms with Gasteiger partial charge in [0, 0.05) is 21.4 Å². The molecule has 0 unspecified atom stereocenters. The summed E-state index contributed by atoms with van der Waals surface area (Å²) in [5.41, 5.74) is 7.35. The van der Waals surface area contributed by atoms with E-state index in [1.165, 1.54) is 11.3 Å². The number of amides is 1. The molecule has 2 aromatic heterocycles. The fraction of sp³-hybridized carbons (Fsp3) is 0. The summed E-state index contributed by atoms with van der Waals surface area (Å²) in [7, 11) is 0. The SMILES string of the molecule is Nc1c(C(=O)Nc2ccccc2I)sc2cnccc12. The van der Waals surface area contributed by atoms with Crippen molar-refractivity contribution in [1.29, 1.82) is 0 Å². The van der Waals surface area contributed by atoms with Gasteiger partial charge in [0.25, 0.3) is 5.91 Å². The fourth-order valence-electron chi connectivity index (χ4n) is 1.88. The number of carbonyl (C=O) groups excluding carboxylic acids is 1. The predicted molar refractivity (Wildman–Crippen MR) is 91.1 cm³/mol. The molecule has 0 atom stereocenters. The number of aromatic nitrogens is 1. The minimum absolute atomic E-state index is 0.187. The molecule has 20 heavy (non-hydrogen) atoms. The van der Waals surface area contributed by atoms with Crippen LogP contribution in [-0.4, -0.2) is 10.9 Å². The van der Waals surface area contributed by atoms with Gasteiger partial charge in [-0.25, -0.2) is 0 Å². The van der Waals surface area contributed by atoms with Crippen LogP contribution in [0.5, 0.6) is 0 Å². The van der Waals surface area contributed by atoms with Gasteiger partial charge in [-0.05, 0) is 40.8 Å². The van der Waals surface area contributed by atoms with Gasteiger partial charge in [-0.3, -0.25) is 9.78 Å². The van der Waals surface area contributed by atoms with Crippen molar-refractivity contribution in [3.05, 3.63) is 51.2 Å². The molecule has 3 N–H and O–H groups in total. The Morgan fingerprint density at radius 3 is 2.85 bits per heavy atom. The van der Waals surface area contributed by atoms with Gasteiger partial charge in [0.1, 0.15) is 4.88 Å². The number of rotatable bonds is 2. The van der Waals surface area contributed by atoms with Gasteiger partial charge in [0.05, 0.1) is 16.1 Å². The first-order valence-corrected chi connectivity index (χ1v) is 7.74. The molecule has 2 heterocycles. The van der Waals surface area contributed by atoms with Crippen molar-refractivity contribution in [2.24, 2.45) is 0 Å². The molecule has 0 bridgehead atoms. The molecule has 0 aliphatic carbocycles. The second-order valence-corrected chi connectivity index (χ2v) is 6.37. The van der Waals surface area contributed by atoms with Crippen LogP contribution in [0.15, 0.2) is 42.7 Å². The molecule has 3 aromatic rings. The Labute approximate surface area is 133 Å². The Hall–Kier alpha value is -1.67. The van der Waals surface area contributed by atoms with Gasteiger partial charge >= 0.3 is 0 Å². The first kappa shape index (κ1) is 13.3. The summed E-state index contributed by atoms with van der Waals surface area (Å²) in [6.45, 7) is 0. The van der Waals surface area contributed by atoms with E-state index in [4.69, 9.17) is 5.73 Å². The van der Waals surface area contributed by atoms with Crippen molar-refractivity contribution in [1.82, 2.24) is 4.98 Å². The number of thiophene rings is 1. The highest BCUT2D eigenvalue weighted by Crippen LogP contribution is 2.33. The van der Waals surface area contributed by atoms with E-state index in [0.29, 0.717) is 10.6 Å².